The van der Waals surface area contributed by atoms with Gasteiger partial charge in [-0.15, -0.1) is 0 Å². The van der Waals surface area contributed by atoms with E-state index in [1.165, 1.54) is 24.3 Å². The third kappa shape index (κ3) is 2.96. The molecule has 148 valence electrons. The normalized spacial score (nSPS) is 19.0. The number of imide groups is 1. The smallest absolute Gasteiger partial charge is 0.421 e. The van der Waals surface area contributed by atoms with Crippen LogP contribution in [0, 0.1) is 20.8 Å². The topological polar surface area (TPSA) is 46.6 Å². The van der Waals surface area contributed by atoms with E-state index in [2.05, 4.69) is 4.74 Å². The molecule has 8 heteroatoms. The van der Waals surface area contributed by atoms with Crippen molar-refractivity contribution in [3.8, 4) is 0 Å². The first kappa shape index (κ1) is 20.3. The maximum absolute atomic E-state index is 14.5. The highest BCUT2D eigenvalue weighted by molar-refractivity contribution is 8.01. The van der Waals surface area contributed by atoms with E-state index in [1.54, 1.807) is 26.0 Å². The molecule has 0 unspecified atom stereocenters. The largest absolute Gasteiger partial charge is 0.452 e. The molecular formula is C20H18F3NO3S. The SMILES string of the molecule is COC(=O)N1C(=O)[C@@](Sc2ccc(C)cc2)(C(F)(F)F)c2cc(C)c(C)cc21. The van der Waals surface area contributed by atoms with E-state index in [0.717, 1.165) is 12.7 Å². The molecule has 2 aromatic carbocycles. The fourth-order valence-corrected chi connectivity index (χ4v) is 4.33. The van der Waals surface area contributed by atoms with E-state index >= 15 is 0 Å². The van der Waals surface area contributed by atoms with Crippen LogP contribution in [0.5, 0.6) is 0 Å². The molecule has 1 aliphatic heterocycles. The van der Waals surface area contributed by atoms with E-state index in [0.29, 0.717) is 27.8 Å². The zero-order chi connectivity index (χ0) is 20.9. The summed E-state index contributed by atoms with van der Waals surface area (Å²) in [5, 5.41) is 0. The second-order valence-electron chi connectivity index (χ2n) is 6.66. The summed E-state index contributed by atoms with van der Waals surface area (Å²) in [7, 11) is 1.02. The van der Waals surface area contributed by atoms with Crippen molar-refractivity contribution >= 4 is 29.4 Å². The molecule has 0 saturated carbocycles. The highest BCUT2D eigenvalue weighted by atomic mass is 32.2. The van der Waals surface area contributed by atoms with Crippen molar-refractivity contribution in [3.63, 3.8) is 0 Å². The van der Waals surface area contributed by atoms with Gasteiger partial charge in [0.2, 0.25) is 4.75 Å². The Balaban J connectivity index is 2.30. The summed E-state index contributed by atoms with van der Waals surface area (Å²) >= 11 is 0.387. The summed E-state index contributed by atoms with van der Waals surface area (Å²) in [6, 6.07) is 9.16. The van der Waals surface area contributed by atoms with Crippen LogP contribution in [-0.4, -0.2) is 25.3 Å². The maximum Gasteiger partial charge on any atom is 0.421 e. The number of hydrogen-bond acceptors (Lipinski definition) is 4. The van der Waals surface area contributed by atoms with Crippen LogP contribution in [0.1, 0.15) is 22.3 Å². The molecule has 0 radical (unpaired) electrons. The van der Waals surface area contributed by atoms with E-state index in [1.807, 2.05) is 6.92 Å². The van der Waals surface area contributed by atoms with E-state index < -0.39 is 22.9 Å². The number of amides is 2. The number of halogens is 3. The van der Waals surface area contributed by atoms with Gasteiger partial charge in [-0.25, -0.2) is 9.69 Å². The summed E-state index contributed by atoms with van der Waals surface area (Å²) in [6.45, 7) is 5.18. The number of alkyl halides is 3. The zero-order valence-corrected chi connectivity index (χ0v) is 16.5. The van der Waals surface area contributed by atoms with Crippen molar-refractivity contribution < 1.29 is 27.5 Å². The van der Waals surface area contributed by atoms with Gasteiger partial charge < -0.3 is 4.74 Å². The summed E-state index contributed by atoms with van der Waals surface area (Å²) in [5.74, 6) is -1.38. The summed E-state index contributed by atoms with van der Waals surface area (Å²) in [5.41, 5.74) is 1.78. The first-order valence-corrected chi connectivity index (χ1v) is 9.21. The number of anilines is 1. The maximum atomic E-state index is 14.5. The molecule has 4 nitrogen and oxygen atoms in total. The second-order valence-corrected chi connectivity index (χ2v) is 7.95. The second kappa shape index (κ2) is 6.84. The number of methoxy groups -OCH3 is 1. The summed E-state index contributed by atoms with van der Waals surface area (Å²) in [4.78, 5) is 26.1. The molecule has 0 aromatic heterocycles. The Morgan fingerprint density at radius 3 is 2.18 bits per heavy atom. The molecule has 2 amide bonds. The lowest BCUT2D eigenvalue weighted by atomic mass is 9.95. The van der Waals surface area contributed by atoms with Crippen LogP contribution in [0.4, 0.5) is 23.7 Å². The summed E-state index contributed by atoms with van der Waals surface area (Å²) < 4.78 is 45.0. The third-order valence-corrected chi connectivity index (χ3v) is 6.22. The highest BCUT2D eigenvalue weighted by Crippen LogP contribution is 2.60. The minimum atomic E-state index is -4.95. The first-order valence-electron chi connectivity index (χ1n) is 8.39. The number of nitrogens with zero attached hydrogens (tertiary/aromatic N) is 1. The molecule has 3 rings (SSSR count). The molecule has 28 heavy (non-hydrogen) atoms. The van der Waals surface area contributed by atoms with Gasteiger partial charge in [0.05, 0.1) is 12.8 Å². The molecule has 0 fully saturated rings. The van der Waals surface area contributed by atoms with Crippen molar-refractivity contribution in [2.75, 3.05) is 12.0 Å². The lowest BCUT2D eigenvalue weighted by molar-refractivity contribution is -0.169. The van der Waals surface area contributed by atoms with Crippen molar-refractivity contribution in [1.82, 2.24) is 0 Å². The van der Waals surface area contributed by atoms with Crippen LogP contribution in [0.2, 0.25) is 0 Å². The molecule has 0 aliphatic carbocycles. The van der Waals surface area contributed by atoms with Gasteiger partial charge in [0.1, 0.15) is 0 Å². The molecule has 0 spiro atoms. The zero-order valence-electron chi connectivity index (χ0n) is 15.7. The van der Waals surface area contributed by atoms with Crippen molar-refractivity contribution in [1.29, 1.82) is 0 Å². The highest BCUT2D eigenvalue weighted by Gasteiger charge is 2.69. The van der Waals surface area contributed by atoms with Crippen molar-refractivity contribution in [2.45, 2.75) is 36.6 Å². The van der Waals surface area contributed by atoms with Gasteiger partial charge in [0.15, 0.2) is 0 Å². The van der Waals surface area contributed by atoms with Gasteiger partial charge in [-0.05, 0) is 50.1 Å². The minimum Gasteiger partial charge on any atom is -0.452 e. The number of hydrogen-bond donors (Lipinski definition) is 0. The van der Waals surface area contributed by atoms with E-state index in [4.69, 9.17) is 0 Å². The number of fused-ring (bicyclic) bond motifs is 1. The van der Waals surface area contributed by atoms with Crippen molar-refractivity contribution in [2.24, 2.45) is 0 Å². The fraction of sp³-hybridized carbons (Fsp3) is 0.300. The van der Waals surface area contributed by atoms with E-state index in [9.17, 15) is 22.8 Å². The predicted molar refractivity (Wildman–Crippen MR) is 101 cm³/mol. The van der Waals surface area contributed by atoms with Gasteiger partial charge in [0, 0.05) is 10.5 Å². The Hall–Kier alpha value is -2.48. The lowest BCUT2D eigenvalue weighted by Crippen LogP contribution is -2.49. The average molecular weight is 409 g/mol. The number of rotatable bonds is 2. The Kier molecular flexibility index (Phi) is 4.95. The number of carbonyl (C=O) groups is 2. The molecule has 1 atom stereocenters. The molecule has 1 heterocycles. The Morgan fingerprint density at radius 2 is 1.64 bits per heavy atom. The number of thioether (sulfide) groups is 1. The summed E-state index contributed by atoms with van der Waals surface area (Å²) in [6.07, 6.45) is -6.09. The number of aryl methyl sites for hydroxylation is 3. The third-order valence-electron chi connectivity index (χ3n) is 4.78. The average Bonchev–Trinajstić information content (AvgIpc) is 2.85. The number of ether oxygens (including phenoxy) is 1. The quantitative estimate of drug-likeness (QED) is 0.678. The Labute approximate surface area is 164 Å². The van der Waals surface area contributed by atoms with Crippen LogP contribution >= 0.6 is 11.8 Å². The molecule has 1 aliphatic rings. The number of benzene rings is 2. The van der Waals surface area contributed by atoms with Gasteiger partial charge in [-0.1, -0.05) is 35.5 Å². The van der Waals surface area contributed by atoms with Crippen LogP contribution in [-0.2, 0) is 14.3 Å². The molecule has 0 N–H and O–H groups in total. The first-order chi connectivity index (χ1) is 13.0. The molecule has 0 saturated heterocycles. The molecule has 0 bridgehead atoms. The van der Waals surface area contributed by atoms with Crippen molar-refractivity contribution in [3.05, 3.63) is 58.7 Å². The Morgan fingerprint density at radius 1 is 1.07 bits per heavy atom. The van der Waals surface area contributed by atoms with Crippen LogP contribution in [0.25, 0.3) is 0 Å². The van der Waals surface area contributed by atoms with Gasteiger partial charge >= 0.3 is 12.3 Å². The Bertz CT molecular complexity index is 956. The van der Waals surface area contributed by atoms with Crippen LogP contribution in [0.15, 0.2) is 41.3 Å². The number of carbonyl (C=O) groups excluding carboxylic acids is 2. The van der Waals surface area contributed by atoms with E-state index in [-0.39, 0.29) is 16.1 Å². The fourth-order valence-electron chi connectivity index (χ4n) is 3.14. The molecular weight excluding hydrogens is 391 g/mol. The van der Waals surface area contributed by atoms with Gasteiger partial charge in [-0.3, -0.25) is 4.79 Å². The minimum absolute atomic E-state index is 0.100. The van der Waals surface area contributed by atoms with Gasteiger partial charge in [-0.2, -0.15) is 13.2 Å². The predicted octanol–water partition coefficient (Wildman–Crippen LogP) is 5.27. The lowest BCUT2D eigenvalue weighted by Gasteiger charge is -2.30. The monoisotopic (exact) mass is 409 g/mol. The standard InChI is InChI=1S/C20H18F3NO3S/c1-11-5-7-14(8-6-11)28-19(20(21,22)23)15-9-12(2)13(3)10-16(15)24(17(19)25)18(26)27-4/h5-10H,1-4H3/t19-/m1/s1. The molecule has 2 aromatic rings. The van der Waals surface area contributed by atoms with Gasteiger partial charge in [0.25, 0.3) is 5.91 Å². The van der Waals surface area contributed by atoms with Crippen LogP contribution in [0.3, 0.4) is 0 Å². The van der Waals surface area contributed by atoms with Crippen LogP contribution < -0.4 is 4.90 Å².